The van der Waals surface area contributed by atoms with Gasteiger partial charge in [-0.3, -0.25) is 9.59 Å². The number of carbonyl (C=O) groups is 2. The minimum absolute atomic E-state index is 0.155. The van der Waals surface area contributed by atoms with Crippen LogP contribution in [0.4, 0.5) is 4.39 Å². The second-order valence-corrected chi connectivity index (χ2v) is 6.30. The van der Waals surface area contributed by atoms with Crippen molar-refractivity contribution in [3.63, 3.8) is 0 Å². The molecule has 2 rings (SSSR count). The molecule has 1 aliphatic rings. The van der Waals surface area contributed by atoms with Gasteiger partial charge in [0, 0.05) is 29.5 Å². The van der Waals surface area contributed by atoms with E-state index in [0.717, 1.165) is 4.47 Å². The van der Waals surface area contributed by atoms with Crippen molar-refractivity contribution in [3.05, 3.63) is 34.1 Å². The molecule has 0 atom stereocenters. The summed E-state index contributed by atoms with van der Waals surface area (Å²) in [5.74, 6) is -0.731. The lowest BCUT2D eigenvalue weighted by atomic mass is 10.0. The summed E-state index contributed by atoms with van der Waals surface area (Å²) in [5, 5.41) is 2.68. The van der Waals surface area contributed by atoms with E-state index in [1.807, 2.05) is 0 Å². The average Bonchev–Trinajstić information content (AvgIpc) is 2.45. The van der Waals surface area contributed by atoms with Crippen LogP contribution in [0, 0.1) is 5.82 Å². The van der Waals surface area contributed by atoms with Crippen molar-refractivity contribution in [1.82, 2.24) is 10.2 Å². The predicted octanol–water partition coefficient (Wildman–Crippen LogP) is 2.22. The van der Waals surface area contributed by atoms with Crippen molar-refractivity contribution >= 4 is 27.7 Å². The highest BCUT2D eigenvalue weighted by atomic mass is 79.9. The molecule has 0 spiro atoms. The topological polar surface area (TPSA) is 49.4 Å². The van der Waals surface area contributed by atoms with Crippen LogP contribution in [0.3, 0.4) is 0 Å². The summed E-state index contributed by atoms with van der Waals surface area (Å²) in [6.45, 7) is 3.76. The molecule has 0 aromatic heterocycles. The Morgan fingerprint density at radius 1 is 1.40 bits per heavy atom. The Labute approximate surface area is 125 Å². The third kappa shape index (κ3) is 3.17. The monoisotopic (exact) mass is 342 g/mol. The molecule has 0 radical (unpaired) electrons. The number of carbonyl (C=O) groups excluding carboxylic acids is 2. The summed E-state index contributed by atoms with van der Waals surface area (Å²) in [7, 11) is 0. The van der Waals surface area contributed by atoms with Gasteiger partial charge in [-0.1, -0.05) is 15.9 Å². The second kappa shape index (κ2) is 5.52. The minimum Gasteiger partial charge on any atom is -0.342 e. The van der Waals surface area contributed by atoms with Gasteiger partial charge in [-0.25, -0.2) is 4.39 Å². The molecule has 1 saturated heterocycles. The molecule has 0 unspecified atom stereocenters. The summed E-state index contributed by atoms with van der Waals surface area (Å²) in [4.78, 5) is 25.5. The molecule has 1 aromatic rings. The maximum Gasteiger partial charge on any atom is 0.248 e. The number of nitrogens with zero attached hydrogens (tertiary/aromatic N) is 1. The van der Waals surface area contributed by atoms with Crippen LogP contribution in [0.2, 0.25) is 0 Å². The SMILES string of the molecule is CC1(C)NC(=O)CCN(Cc2cc(Br)ccc2F)C1=O. The van der Waals surface area contributed by atoms with Crippen molar-refractivity contribution in [2.24, 2.45) is 0 Å². The van der Waals surface area contributed by atoms with Crippen LogP contribution >= 0.6 is 15.9 Å². The van der Waals surface area contributed by atoms with Gasteiger partial charge < -0.3 is 10.2 Å². The van der Waals surface area contributed by atoms with Gasteiger partial charge in [0.25, 0.3) is 0 Å². The van der Waals surface area contributed by atoms with Gasteiger partial charge >= 0.3 is 0 Å². The Morgan fingerprint density at radius 3 is 2.80 bits per heavy atom. The Balaban J connectivity index is 2.25. The first-order valence-electron chi connectivity index (χ1n) is 6.34. The molecule has 0 bridgehead atoms. The number of amides is 2. The van der Waals surface area contributed by atoms with E-state index in [9.17, 15) is 14.0 Å². The molecule has 4 nitrogen and oxygen atoms in total. The van der Waals surface area contributed by atoms with Crippen molar-refractivity contribution in [2.75, 3.05) is 6.54 Å². The second-order valence-electron chi connectivity index (χ2n) is 5.39. The normalized spacial score (nSPS) is 18.7. The minimum atomic E-state index is -0.962. The Hall–Kier alpha value is -1.43. The van der Waals surface area contributed by atoms with E-state index in [4.69, 9.17) is 0 Å². The first kappa shape index (κ1) is 15.0. The van der Waals surface area contributed by atoms with Crippen molar-refractivity contribution in [3.8, 4) is 0 Å². The van der Waals surface area contributed by atoms with E-state index >= 15 is 0 Å². The first-order chi connectivity index (χ1) is 9.29. The molecule has 0 saturated carbocycles. The number of rotatable bonds is 2. The lowest BCUT2D eigenvalue weighted by Crippen LogP contribution is -2.52. The van der Waals surface area contributed by atoms with Crippen molar-refractivity contribution in [1.29, 1.82) is 0 Å². The molecule has 1 aromatic carbocycles. The predicted molar refractivity (Wildman–Crippen MR) is 76.4 cm³/mol. The standard InChI is InChI=1S/C14H16BrFN2O2/c1-14(2)13(20)18(6-5-12(19)17-14)8-9-7-10(15)3-4-11(9)16/h3-4,7H,5-6,8H2,1-2H3,(H,17,19). The van der Waals surface area contributed by atoms with Crippen LogP contribution < -0.4 is 5.32 Å². The summed E-state index contributed by atoms with van der Waals surface area (Å²) >= 11 is 3.29. The third-order valence-electron chi connectivity index (χ3n) is 3.25. The van der Waals surface area contributed by atoms with Crippen LogP contribution in [0.15, 0.2) is 22.7 Å². The third-order valence-corrected chi connectivity index (χ3v) is 3.74. The van der Waals surface area contributed by atoms with Crippen LogP contribution in [0.25, 0.3) is 0 Å². The van der Waals surface area contributed by atoms with Gasteiger partial charge in [0.15, 0.2) is 0 Å². The summed E-state index contributed by atoms with van der Waals surface area (Å²) < 4.78 is 14.5. The molecule has 108 valence electrons. The highest BCUT2D eigenvalue weighted by Gasteiger charge is 2.36. The van der Waals surface area contributed by atoms with Gasteiger partial charge in [-0.15, -0.1) is 0 Å². The lowest BCUT2D eigenvalue weighted by molar-refractivity contribution is -0.137. The summed E-state index contributed by atoms with van der Waals surface area (Å²) in [6, 6.07) is 4.62. The molecule has 0 aliphatic carbocycles. The average molecular weight is 343 g/mol. The Bertz CT molecular complexity index is 560. The molecule has 2 amide bonds. The lowest BCUT2D eigenvalue weighted by Gasteiger charge is -2.29. The van der Waals surface area contributed by atoms with Gasteiger partial charge in [-0.05, 0) is 32.0 Å². The highest BCUT2D eigenvalue weighted by molar-refractivity contribution is 9.10. The highest BCUT2D eigenvalue weighted by Crippen LogP contribution is 2.20. The van der Waals surface area contributed by atoms with Crippen LogP contribution in [-0.2, 0) is 16.1 Å². The zero-order valence-electron chi connectivity index (χ0n) is 11.4. The maximum absolute atomic E-state index is 13.8. The van der Waals surface area contributed by atoms with Gasteiger partial charge in [0.05, 0.1) is 0 Å². The Kier molecular flexibility index (Phi) is 4.13. The molecule has 1 N–H and O–H groups in total. The fourth-order valence-corrected chi connectivity index (χ4v) is 2.63. The fraction of sp³-hybridized carbons (Fsp3) is 0.429. The molecule has 1 heterocycles. The number of hydrogen-bond acceptors (Lipinski definition) is 2. The quantitative estimate of drug-likeness (QED) is 0.895. The van der Waals surface area contributed by atoms with E-state index in [1.165, 1.54) is 11.0 Å². The molecule has 20 heavy (non-hydrogen) atoms. The van der Waals surface area contributed by atoms with Crippen LogP contribution in [-0.4, -0.2) is 28.8 Å². The van der Waals surface area contributed by atoms with Crippen LogP contribution in [0.1, 0.15) is 25.8 Å². The zero-order chi connectivity index (χ0) is 14.9. The fourth-order valence-electron chi connectivity index (χ4n) is 2.22. The smallest absolute Gasteiger partial charge is 0.248 e. The zero-order valence-corrected chi connectivity index (χ0v) is 13.0. The first-order valence-corrected chi connectivity index (χ1v) is 7.13. The summed E-state index contributed by atoms with van der Waals surface area (Å²) in [6.07, 6.45) is 0.227. The summed E-state index contributed by atoms with van der Waals surface area (Å²) in [5.41, 5.74) is -0.534. The number of benzene rings is 1. The number of halogens is 2. The molecule has 1 fully saturated rings. The van der Waals surface area contributed by atoms with E-state index in [0.29, 0.717) is 12.1 Å². The van der Waals surface area contributed by atoms with E-state index in [-0.39, 0.29) is 30.6 Å². The van der Waals surface area contributed by atoms with Gasteiger partial charge in [0.1, 0.15) is 11.4 Å². The van der Waals surface area contributed by atoms with Crippen LogP contribution in [0.5, 0.6) is 0 Å². The van der Waals surface area contributed by atoms with Crippen molar-refractivity contribution < 1.29 is 14.0 Å². The molecular formula is C14H16BrFN2O2. The van der Waals surface area contributed by atoms with Gasteiger partial charge in [-0.2, -0.15) is 0 Å². The van der Waals surface area contributed by atoms with E-state index in [2.05, 4.69) is 21.2 Å². The molecule has 6 heteroatoms. The van der Waals surface area contributed by atoms with E-state index in [1.54, 1.807) is 26.0 Å². The molecule has 1 aliphatic heterocycles. The number of nitrogens with one attached hydrogen (secondary N) is 1. The van der Waals surface area contributed by atoms with Gasteiger partial charge in [0.2, 0.25) is 11.8 Å². The van der Waals surface area contributed by atoms with E-state index < -0.39 is 5.54 Å². The maximum atomic E-state index is 13.8. The largest absolute Gasteiger partial charge is 0.342 e. The number of hydrogen-bond donors (Lipinski definition) is 1. The van der Waals surface area contributed by atoms with Crippen molar-refractivity contribution in [2.45, 2.75) is 32.4 Å². The molecular weight excluding hydrogens is 327 g/mol. The Morgan fingerprint density at radius 2 is 2.10 bits per heavy atom.